The number of sulfonamides is 1. The molecule has 1 aliphatic heterocycles. The normalized spacial score (nSPS) is 15.7. The maximum atomic E-state index is 13.5. The molecule has 0 amide bonds. The molecule has 1 saturated heterocycles. The van der Waals surface area contributed by atoms with E-state index in [0.717, 1.165) is 28.2 Å². The fourth-order valence-electron chi connectivity index (χ4n) is 4.40. The van der Waals surface area contributed by atoms with Crippen LogP contribution >= 0.6 is 11.3 Å². The molecular weight excluding hydrogens is 510 g/mol. The van der Waals surface area contributed by atoms with Gasteiger partial charge in [0.1, 0.15) is 0 Å². The van der Waals surface area contributed by atoms with Crippen LogP contribution in [0.2, 0.25) is 0 Å². The van der Waals surface area contributed by atoms with E-state index in [9.17, 15) is 13.2 Å². The van der Waals surface area contributed by atoms with Crippen LogP contribution in [0.25, 0.3) is 11.3 Å². The standard InChI is InChI=1S/C27H33N3O5S2/c1-3-35-26(31)21-13-16-29(17-14-21)37(32,33)24-12-7-9-22(19-24)25-20-36-27(30(25)15-8-18-34-2)28-23-10-5-4-6-11-23/h4-7,9-12,19-21H,3,8,13-18H2,1-2H3. The van der Waals surface area contributed by atoms with E-state index in [1.165, 1.54) is 15.6 Å². The zero-order valence-corrected chi connectivity index (χ0v) is 22.8. The van der Waals surface area contributed by atoms with Gasteiger partial charge in [0.25, 0.3) is 0 Å². The van der Waals surface area contributed by atoms with Crippen molar-refractivity contribution in [1.29, 1.82) is 0 Å². The molecule has 0 radical (unpaired) electrons. The number of para-hydroxylation sites is 1. The molecule has 4 rings (SSSR count). The van der Waals surface area contributed by atoms with Crippen molar-refractivity contribution in [3.63, 3.8) is 0 Å². The van der Waals surface area contributed by atoms with E-state index in [2.05, 4.69) is 4.57 Å². The van der Waals surface area contributed by atoms with E-state index < -0.39 is 10.0 Å². The molecule has 0 spiro atoms. The molecule has 0 unspecified atom stereocenters. The highest BCUT2D eigenvalue weighted by atomic mass is 32.2. The fraction of sp³-hybridized carbons (Fsp3) is 0.407. The van der Waals surface area contributed by atoms with Crippen molar-refractivity contribution in [3.05, 3.63) is 64.8 Å². The molecule has 0 bridgehead atoms. The molecule has 0 atom stereocenters. The lowest BCUT2D eigenvalue weighted by atomic mass is 9.98. The van der Waals surface area contributed by atoms with Gasteiger partial charge in [0, 0.05) is 44.3 Å². The van der Waals surface area contributed by atoms with Gasteiger partial charge in [-0.25, -0.2) is 13.4 Å². The Morgan fingerprint density at radius 1 is 1.11 bits per heavy atom. The third-order valence-electron chi connectivity index (χ3n) is 6.35. The van der Waals surface area contributed by atoms with E-state index in [4.69, 9.17) is 14.5 Å². The minimum absolute atomic E-state index is 0.242. The van der Waals surface area contributed by atoms with Crippen LogP contribution in [-0.4, -0.2) is 56.7 Å². The third-order valence-corrected chi connectivity index (χ3v) is 9.11. The predicted octanol–water partition coefficient (Wildman–Crippen LogP) is 4.45. The van der Waals surface area contributed by atoms with Crippen molar-refractivity contribution >= 4 is 33.0 Å². The van der Waals surface area contributed by atoms with E-state index in [1.54, 1.807) is 32.2 Å². The van der Waals surface area contributed by atoms with Gasteiger partial charge >= 0.3 is 5.97 Å². The molecule has 1 aromatic heterocycles. The molecule has 2 aromatic carbocycles. The monoisotopic (exact) mass is 543 g/mol. The first-order valence-corrected chi connectivity index (χ1v) is 14.8. The molecule has 0 N–H and O–H groups in total. The molecule has 0 saturated carbocycles. The molecule has 10 heteroatoms. The van der Waals surface area contributed by atoms with Crippen LogP contribution in [0.5, 0.6) is 0 Å². The fourth-order valence-corrected chi connectivity index (χ4v) is 6.87. The lowest BCUT2D eigenvalue weighted by Gasteiger charge is -2.30. The van der Waals surface area contributed by atoms with Gasteiger partial charge in [-0.05, 0) is 50.5 Å². The van der Waals surface area contributed by atoms with E-state index in [1.807, 2.05) is 41.8 Å². The summed E-state index contributed by atoms with van der Waals surface area (Å²) in [5.41, 5.74) is 2.58. The molecule has 1 fully saturated rings. The second-order valence-electron chi connectivity index (χ2n) is 8.81. The van der Waals surface area contributed by atoms with Gasteiger partial charge in [-0.1, -0.05) is 30.3 Å². The first-order valence-electron chi connectivity index (χ1n) is 12.5. The molecule has 1 aliphatic rings. The number of methoxy groups -OCH3 is 1. The molecule has 37 heavy (non-hydrogen) atoms. The van der Waals surface area contributed by atoms with Crippen molar-refractivity contribution in [2.24, 2.45) is 10.9 Å². The molecule has 3 aromatic rings. The average Bonchev–Trinajstić information content (AvgIpc) is 3.32. The summed E-state index contributed by atoms with van der Waals surface area (Å²) in [6.07, 6.45) is 1.73. The van der Waals surface area contributed by atoms with Crippen LogP contribution in [0.4, 0.5) is 5.69 Å². The second-order valence-corrected chi connectivity index (χ2v) is 11.6. The number of carbonyl (C=O) groups is 1. The second kappa shape index (κ2) is 12.6. The van der Waals surface area contributed by atoms with Gasteiger partial charge in [-0.3, -0.25) is 4.79 Å². The van der Waals surface area contributed by atoms with Gasteiger partial charge in [-0.2, -0.15) is 4.31 Å². The Morgan fingerprint density at radius 3 is 2.57 bits per heavy atom. The topological polar surface area (TPSA) is 90.2 Å². The first kappa shape index (κ1) is 27.3. The number of esters is 1. The summed E-state index contributed by atoms with van der Waals surface area (Å²) in [5, 5.41) is 2.02. The molecule has 2 heterocycles. The molecule has 198 valence electrons. The Morgan fingerprint density at radius 2 is 1.86 bits per heavy atom. The zero-order chi connectivity index (χ0) is 26.3. The SMILES string of the molecule is CCOC(=O)C1CCN(S(=O)(=O)c2cccc(-c3csc(=Nc4ccccc4)n3CCCOC)c2)CC1. The number of ether oxygens (including phenoxy) is 2. The smallest absolute Gasteiger partial charge is 0.309 e. The summed E-state index contributed by atoms with van der Waals surface area (Å²) < 4.78 is 40.9. The molecular formula is C27H33N3O5S2. The Balaban J connectivity index is 1.62. The highest BCUT2D eigenvalue weighted by Crippen LogP contribution is 2.28. The van der Waals surface area contributed by atoms with Crippen molar-refractivity contribution in [2.75, 3.05) is 33.4 Å². The summed E-state index contributed by atoms with van der Waals surface area (Å²) in [7, 11) is -2.02. The van der Waals surface area contributed by atoms with Crippen molar-refractivity contribution in [3.8, 4) is 11.3 Å². The number of hydrogen-bond acceptors (Lipinski definition) is 7. The summed E-state index contributed by atoms with van der Waals surface area (Å²) in [6, 6.07) is 16.8. The zero-order valence-electron chi connectivity index (χ0n) is 21.2. The number of carbonyl (C=O) groups excluding carboxylic acids is 1. The van der Waals surface area contributed by atoms with Crippen LogP contribution in [0.15, 0.2) is 69.9 Å². The lowest BCUT2D eigenvalue weighted by molar-refractivity contribution is -0.149. The number of rotatable bonds is 10. The van der Waals surface area contributed by atoms with Gasteiger partial charge in [0.05, 0.1) is 28.8 Å². The van der Waals surface area contributed by atoms with E-state index in [-0.39, 0.29) is 16.8 Å². The Hall–Kier alpha value is -2.79. The van der Waals surface area contributed by atoms with Crippen molar-refractivity contribution < 1.29 is 22.7 Å². The number of hydrogen-bond donors (Lipinski definition) is 0. The summed E-state index contributed by atoms with van der Waals surface area (Å²) in [6.45, 7) is 4.01. The van der Waals surface area contributed by atoms with Crippen LogP contribution in [-0.2, 0) is 30.8 Å². The quantitative estimate of drug-likeness (QED) is 0.278. The Bertz CT molecular complexity index is 1360. The Labute approximate surface area is 222 Å². The highest BCUT2D eigenvalue weighted by Gasteiger charge is 2.33. The largest absolute Gasteiger partial charge is 0.466 e. The van der Waals surface area contributed by atoms with Gasteiger partial charge in [0.2, 0.25) is 10.0 Å². The number of benzene rings is 2. The number of thiazole rings is 1. The third kappa shape index (κ3) is 6.56. The number of piperidine rings is 1. The summed E-state index contributed by atoms with van der Waals surface area (Å²) in [4.78, 5) is 18.0. The van der Waals surface area contributed by atoms with E-state index >= 15 is 0 Å². The lowest BCUT2D eigenvalue weighted by Crippen LogP contribution is -2.40. The van der Waals surface area contributed by atoms with Crippen LogP contribution in [0.3, 0.4) is 0 Å². The van der Waals surface area contributed by atoms with Crippen LogP contribution in [0.1, 0.15) is 26.2 Å². The predicted molar refractivity (Wildman–Crippen MR) is 144 cm³/mol. The van der Waals surface area contributed by atoms with Crippen molar-refractivity contribution in [2.45, 2.75) is 37.6 Å². The summed E-state index contributed by atoms with van der Waals surface area (Å²) in [5.74, 6) is -0.491. The van der Waals surface area contributed by atoms with Gasteiger partial charge in [-0.15, -0.1) is 11.3 Å². The minimum Gasteiger partial charge on any atom is -0.466 e. The van der Waals surface area contributed by atoms with Crippen LogP contribution < -0.4 is 4.80 Å². The minimum atomic E-state index is -3.70. The average molecular weight is 544 g/mol. The number of aromatic nitrogens is 1. The maximum Gasteiger partial charge on any atom is 0.309 e. The molecule has 8 nitrogen and oxygen atoms in total. The highest BCUT2D eigenvalue weighted by molar-refractivity contribution is 7.89. The number of nitrogens with zero attached hydrogens (tertiary/aromatic N) is 3. The molecule has 0 aliphatic carbocycles. The van der Waals surface area contributed by atoms with Crippen molar-refractivity contribution in [1.82, 2.24) is 8.87 Å². The van der Waals surface area contributed by atoms with Crippen LogP contribution in [0, 0.1) is 5.92 Å². The van der Waals surface area contributed by atoms with Gasteiger partial charge in [0.15, 0.2) is 4.80 Å². The van der Waals surface area contributed by atoms with Gasteiger partial charge < -0.3 is 14.0 Å². The first-order chi connectivity index (χ1) is 17.9. The Kier molecular flexibility index (Phi) is 9.31. The maximum absolute atomic E-state index is 13.5. The van der Waals surface area contributed by atoms with E-state index in [0.29, 0.717) is 45.7 Å². The summed E-state index contributed by atoms with van der Waals surface area (Å²) >= 11 is 1.52.